The predicted molar refractivity (Wildman–Crippen MR) is 144 cm³/mol. The first-order valence-corrected chi connectivity index (χ1v) is 13.6. The van der Waals surface area contributed by atoms with E-state index >= 15 is 0 Å². The van der Waals surface area contributed by atoms with Crippen molar-refractivity contribution in [2.75, 3.05) is 29.9 Å². The lowest BCUT2D eigenvalue weighted by molar-refractivity contribution is 0.0519. The number of nitrogens with two attached hydrogens (primary N) is 1. The summed E-state index contributed by atoms with van der Waals surface area (Å²) in [5, 5.41) is 4.32. The van der Waals surface area contributed by atoms with Crippen molar-refractivity contribution in [1.82, 2.24) is 9.97 Å². The van der Waals surface area contributed by atoms with Gasteiger partial charge in [-0.05, 0) is 62.1 Å². The predicted octanol–water partition coefficient (Wildman–Crippen LogP) is 4.64. The lowest BCUT2D eigenvalue weighted by Crippen LogP contribution is -2.32. The van der Waals surface area contributed by atoms with Crippen LogP contribution in [0.25, 0.3) is 10.2 Å². The number of esters is 1. The number of amides is 1. The molecule has 2 aromatic heterocycles. The minimum Gasteiger partial charge on any atom is -0.461 e. The number of carbonyl (C=O) groups excluding carboxylic acids is 2. The van der Waals surface area contributed by atoms with Crippen LogP contribution in [0, 0.1) is 0 Å². The molecule has 0 fully saturated rings. The van der Waals surface area contributed by atoms with Crippen LogP contribution >= 0.6 is 22.7 Å². The zero-order chi connectivity index (χ0) is 25.1. The van der Waals surface area contributed by atoms with Gasteiger partial charge >= 0.3 is 5.97 Å². The fraction of sp³-hybridized carbons (Fsp3) is 0.308. The van der Waals surface area contributed by atoms with Crippen molar-refractivity contribution in [3.63, 3.8) is 0 Å². The molecule has 0 radical (unpaired) electrons. The van der Waals surface area contributed by atoms with Crippen LogP contribution in [0.4, 0.5) is 10.3 Å². The number of nitrogens with one attached hydrogen (secondary N) is 1. The van der Waals surface area contributed by atoms with Gasteiger partial charge in [0.15, 0.2) is 16.0 Å². The van der Waals surface area contributed by atoms with Crippen LogP contribution in [-0.4, -0.2) is 41.5 Å². The molecule has 8 nitrogen and oxygen atoms in total. The summed E-state index contributed by atoms with van der Waals surface area (Å²) >= 11 is 2.96. The van der Waals surface area contributed by atoms with E-state index in [0.717, 1.165) is 50.7 Å². The molecule has 1 aliphatic heterocycles. The molecule has 0 atom stereocenters. The molecule has 0 spiro atoms. The molecule has 0 aliphatic carbocycles. The average molecular weight is 522 g/mol. The average Bonchev–Trinajstić information content (AvgIpc) is 3.50. The van der Waals surface area contributed by atoms with E-state index in [4.69, 9.17) is 10.5 Å². The molecule has 3 heterocycles. The number of thiazole rings is 2. The van der Waals surface area contributed by atoms with Gasteiger partial charge in [-0.3, -0.25) is 10.1 Å². The van der Waals surface area contributed by atoms with Gasteiger partial charge in [-0.2, -0.15) is 0 Å². The largest absolute Gasteiger partial charge is 0.461 e. The highest BCUT2D eigenvalue weighted by Gasteiger charge is 2.27. The van der Waals surface area contributed by atoms with Gasteiger partial charge in [-0.15, -0.1) is 11.3 Å². The van der Waals surface area contributed by atoms with Crippen molar-refractivity contribution in [3.8, 4) is 0 Å². The highest BCUT2D eigenvalue weighted by molar-refractivity contribution is 7.22. The van der Waals surface area contributed by atoms with Crippen molar-refractivity contribution in [1.29, 1.82) is 0 Å². The summed E-state index contributed by atoms with van der Waals surface area (Å²) in [5.74, 6) is -0.580. The Morgan fingerprint density at radius 2 is 2.00 bits per heavy atom. The first kappa shape index (κ1) is 24.4. The van der Waals surface area contributed by atoms with Crippen LogP contribution in [-0.2, 0) is 24.1 Å². The number of rotatable bonds is 8. The molecule has 4 aromatic rings. The Bertz CT molecular complexity index is 1380. The fourth-order valence-electron chi connectivity index (χ4n) is 4.31. The molecule has 1 aliphatic rings. The van der Waals surface area contributed by atoms with Crippen LogP contribution in [0.3, 0.4) is 0 Å². The van der Waals surface area contributed by atoms with Crippen molar-refractivity contribution in [2.45, 2.75) is 32.7 Å². The molecule has 0 bridgehead atoms. The lowest BCUT2D eigenvalue weighted by atomic mass is 9.94. The normalized spacial score (nSPS) is 13.0. The topological polar surface area (TPSA) is 110 Å². The standard InChI is InChI=1S/C26H27N5O3S2/c1-2-34-24(33)22-21(11-6-13-27)36-26(29-22)31-14-12-16-7-5-8-17(18(16)15-31)23(32)30-25-28-19-9-3-4-10-20(19)35-25/h3-5,7-10H,2,6,11-15,27H2,1H3,(H,28,30,32). The van der Waals surface area contributed by atoms with E-state index in [9.17, 15) is 9.59 Å². The molecule has 10 heteroatoms. The Morgan fingerprint density at radius 3 is 2.81 bits per heavy atom. The summed E-state index contributed by atoms with van der Waals surface area (Å²) in [5.41, 5.74) is 9.69. The summed E-state index contributed by atoms with van der Waals surface area (Å²) in [4.78, 5) is 38.0. The summed E-state index contributed by atoms with van der Waals surface area (Å²) in [6, 6.07) is 13.7. The van der Waals surface area contributed by atoms with E-state index in [1.54, 1.807) is 6.92 Å². The molecule has 36 heavy (non-hydrogen) atoms. The quantitative estimate of drug-likeness (QED) is 0.325. The third-order valence-electron chi connectivity index (χ3n) is 6.07. The number of para-hydroxylation sites is 1. The van der Waals surface area contributed by atoms with Gasteiger partial charge in [0.25, 0.3) is 5.91 Å². The van der Waals surface area contributed by atoms with E-state index in [-0.39, 0.29) is 5.91 Å². The third-order valence-corrected chi connectivity index (χ3v) is 8.19. The number of anilines is 2. The number of ether oxygens (including phenoxy) is 1. The first-order chi connectivity index (χ1) is 17.6. The first-order valence-electron chi connectivity index (χ1n) is 12.0. The molecule has 2 aromatic carbocycles. The number of aryl methyl sites for hydroxylation is 1. The summed E-state index contributed by atoms with van der Waals surface area (Å²) in [7, 11) is 0. The van der Waals surface area contributed by atoms with Crippen molar-refractivity contribution >= 4 is 55.0 Å². The maximum absolute atomic E-state index is 13.3. The second kappa shape index (κ2) is 10.7. The number of nitrogens with zero attached hydrogens (tertiary/aromatic N) is 3. The van der Waals surface area contributed by atoms with Crippen LogP contribution in [0.1, 0.15) is 50.2 Å². The van der Waals surface area contributed by atoms with E-state index in [0.29, 0.717) is 42.5 Å². The number of hydrogen-bond acceptors (Lipinski definition) is 9. The summed E-state index contributed by atoms with van der Waals surface area (Å²) < 4.78 is 6.26. The molecular weight excluding hydrogens is 494 g/mol. The fourth-order valence-corrected chi connectivity index (χ4v) is 6.29. The number of aromatic nitrogens is 2. The van der Waals surface area contributed by atoms with Crippen LogP contribution < -0.4 is 16.0 Å². The van der Waals surface area contributed by atoms with E-state index < -0.39 is 5.97 Å². The molecule has 5 rings (SSSR count). The van der Waals surface area contributed by atoms with E-state index in [2.05, 4.69) is 26.3 Å². The molecular formula is C26H27N5O3S2. The maximum Gasteiger partial charge on any atom is 0.358 e. The third kappa shape index (κ3) is 4.97. The van der Waals surface area contributed by atoms with Crippen molar-refractivity contribution in [2.24, 2.45) is 5.73 Å². The van der Waals surface area contributed by atoms with Gasteiger partial charge in [-0.25, -0.2) is 14.8 Å². The Labute approximate surface area is 217 Å². The van der Waals surface area contributed by atoms with Gasteiger partial charge in [0.05, 0.1) is 16.8 Å². The summed E-state index contributed by atoms with van der Waals surface area (Å²) in [6.07, 6.45) is 2.24. The Morgan fingerprint density at radius 1 is 1.14 bits per heavy atom. The highest BCUT2D eigenvalue weighted by atomic mass is 32.1. The minimum atomic E-state index is -0.402. The van der Waals surface area contributed by atoms with Gasteiger partial charge in [0, 0.05) is 23.5 Å². The van der Waals surface area contributed by atoms with Gasteiger partial charge in [0.1, 0.15) is 0 Å². The molecule has 0 saturated carbocycles. The molecule has 186 valence electrons. The number of benzene rings is 2. The van der Waals surface area contributed by atoms with Gasteiger partial charge in [0.2, 0.25) is 0 Å². The SMILES string of the molecule is CCOC(=O)c1nc(N2CCc3cccc(C(=O)Nc4nc5ccccc5s4)c3C2)sc1CCCN. The molecule has 3 N–H and O–H groups in total. The van der Waals surface area contributed by atoms with Crippen molar-refractivity contribution in [3.05, 3.63) is 69.7 Å². The monoisotopic (exact) mass is 521 g/mol. The second-order valence-electron chi connectivity index (χ2n) is 8.44. The number of carbonyl (C=O) groups is 2. The smallest absolute Gasteiger partial charge is 0.358 e. The van der Waals surface area contributed by atoms with Crippen LogP contribution in [0.5, 0.6) is 0 Å². The Hall–Kier alpha value is -3.34. The van der Waals surface area contributed by atoms with Gasteiger partial charge in [-0.1, -0.05) is 35.6 Å². The second-order valence-corrected chi connectivity index (χ2v) is 10.5. The molecule has 0 saturated heterocycles. The minimum absolute atomic E-state index is 0.178. The Balaban J connectivity index is 1.40. The van der Waals surface area contributed by atoms with Crippen LogP contribution in [0.15, 0.2) is 42.5 Å². The zero-order valence-corrected chi connectivity index (χ0v) is 21.6. The summed E-state index contributed by atoms with van der Waals surface area (Å²) in [6.45, 7) is 3.91. The molecule has 1 amide bonds. The lowest BCUT2D eigenvalue weighted by Gasteiger charge is -2.29. The van der Waals surface area contributed by atoms with E-state index in [1.165, 1.54) is 22.7 Å². The Kier molecular flexibility index (Phi) is 7.26. The van der Waals surface area contributed by atoms with Gasteiger partial charge < -0.3 is 15.4 Å². The number of hydrogen-bond donors (Lipinski definition) is 2. The zero-order valence-electron chi connectivity index (χ0n) is 20.0. The molecule has 0 unspecified atom stereocenters. The maximum atomic E-state index is 13.3. The van der Waals surface area contributed by atoms with E-state index in [1.807, 2.05) is 36.4 Å². The van der Waals surface area contributed by atoms with Crippen molar-refractivity contribution < 1.29 is 14.3 Å². The highest BCUT2D eigenvalue weighted by Crippen LogP contribution is 2.33. The number of fused-ring (bicyclic) bond motifs is 2. The van der Waals surface area contributed by atoms with Crippen LogP contribution in [0.2, 0.25) is 0 Å².